The van der Waals surface area contributed by atoms with E-state index in [-0.39, 0.29) is 24.3 Å². The fraction of sp³-hybridized carbons (Fsp3) is 0.333. The van der Waals surface area contributed by atoms with Crippen molar-refractivity contribution >= 4 is 28.3 Å². The molecule has 0 saturated heterocycles. The van der Waals surface area contributed by atoms with Gasteiger partial charge in [-0.15, -0.1) is 12.4 Å². The van der Waals surface area contributed by atoms with Gasteiger partial charge in [-0.1, -0.05) is 22.9 Å². The van der Waals surface area contributed by atoms with Crippen molar-refractivity contribution in [2.45, 2.75) is 19.4 Å². The number of halogens is 3. The standard InChI is InChI=1S/C9H11BrFN.ClH/c1-2-9(12)7-5-6(10)3-4-8(7)11;/h3-5,9H,2,12H2,1H3;1H/t9-;/m0./s1. The number of rotatable bonds is 2. The summed E-state index contributed by atoms with van der Waals surface area (Å²) in [4.78, 5) is 0. The van der Waals surface area contributed by atoms with Crippen LogP contribution in [0.15, 0.2) is 22.7 Å². The predicted octanol–water partition coefficient (Wildman–Crippen LogP) is 3.42. The highest BCUT2D eigenvalue weighted by Crippen LogP contribution is 2.21. The van der Waals surface area contributed by atoms with Gasteiger partial charge in [0.2, 0.25) is 0 Å². The Balaban J connectivity index is 0.00000144. The molecule has 0 saturated carbocycles. The molecule has 1 aromatic carbocycles. The molecular weight excluding hydrogens is 256 g/mol. The Morgan fingerprint density at radius 3 is 2.69 bits per heavy atom. The van der Waals surface area contributed by atoms with Crippen molar-refractivity contribution in [3.8, 4) is 0 Å². The molecule has 0 aliphatic carbocycles. The Labute approximate surface area is 92.1 Å². The summed E-state index contributed by atoms with van der Waals surface area (Å²) < 4.78 is 14.0. The van der Waals surface area contributed by atoms with E-state index in [0.29, 0.717) is 5.56 Å². The van der Waals surface area contributed by atoms with Crippen molar-refractivity contribution in [3.05, 3.63) is 34.1 Å². The largest absolute Gasteiger partial charge is 0.324 e. The van der Waals surface area contributed by atoms with Crippen LogP contribution in [-0.4, -0.2) is 0 Å². The topological polar surface area (TPSA) is 26.0 Å². The van der Waals surface area contributed by atoms with E-state index in [0.717, 1.165) is 10.9 Å². The van der Waals surface area contributed by atoms with Gasteiger partial charge in [-0.25, -0.2) is 4.39 Å². The Kier molecular flexibility index (Phi) is 5.53. The molecule has 0 aromatic heterocycles. The summed E-state index contributed by atoms with van der Waals surface area (Å²) in [5, 5.41) is 0. The second kappa shape index (κ2) is 5.58. The maximum Gasteiger partial charge on any atom is 0.128 e. The van der Waals surface area contributed by atoms with Gasteiger partial charge in [-0.05, 0) is 24.6 Å². The van der Waals surface area contributed by atoms with E-state index in [1.807, 2.05) is 6.92 Å². The van der Waals surface area contributed by atoms with Gasteiger partial charge in [0, 0.05) is 16.1 Å². The summed E-state index contributed by atoms with van der Waals surface area (Å²) in [7, 11) is 0. The Morgan fingerprint density at radius 1 is 1.54 bits per heavy atom. The number of hydrogen-bond acceptors (Lipinski definition) is 1. The Hall–Kier alpha value is -0.120. The van der Waals surface area contributed by atoms with Crippen molar-refractivity contribution in [2.75, 3.05) is 0 Å². The molecule has 74 valence electrons. The summed E-state index contributed by atoms with van der Waals surface area (Å²) in [5.41, 5.74) is 6.28. The summed E-state index contributed by atoms with van der Waals surface area (Å²) in [5.74, 6) is -0.229. The molecular formula is C9H12BrClFN. The SMILES string of the molecule is CC[C@H](N)c1cc(Br)ccc1F.Cl. The first kappa shape index (κ1) is 12.9. The van der Waals surface area contributed by atoms with Crippen molar-refractivity contribution in [1.82, 2.24) is 0 Å². The molecule has 0 amide bonds. The van der Waals surface area contributed by atoms with Crippen molar-refractivity contribution in [1.29, 1.82) is 0 Å². The van der Waals surface area contributed by atoms with Crippen LogP contribution in [-0.2, 0) is 0 Å². The van der Waals surface area contributed by atoms with Gasteiger partial charge >= 0.3 is 0 Å². The molecule has 0 fully saturated rings. The zero-order valence-corrected chi connectivity index (χ0v) is 9.66. The molecule has 0 aliphatic heterocycles. The minimum Gasteiger partial charge on any atom is -0.324 e. The summed E-state index contributed by atoms with van der Waals surface area (Å²) in [6.07, 6.45) is 0.743. The lowest BCUT2D eigenvalue weighted by Crippen LogP contribution is -2.10. The summed E-state index contributed by atoms with van der Waals surface area (Å²) >= 11 is 3.27. The van der Waals surface area contributed by atoms with E-state index < -0.39 is 0 Å². The predicted molar refractivity (Wildman–Crippen MR) is 58.6 cm³/mol. The van der Waals surface area contributed by atoms with E-state index in [1.54, 1.807) is 12.1 Å². The molecule has 1 aromatic rings. The molecule has 2 N–H and O–H groups in total. The summed E-state index contributed by atoms with van der Waals surface area (Å²) in [6.45, 7) is 1.94. The van der Waals surface area contributed by atoms with E-state index in [2.05, 4.69) is 15.9 Å². The average molecular weight is 269 g/mol. The minimum atomic E-state index is -0.229. The minimum absolute atomic E-state index is 0. The smallest absolute Gasteiger partial charge is 0.128 e. The lowest BCUT2D eigenvalue weighted by Gasteiger charge is -2.10. The molecule has 1 nitrogen and oxygen atoms in total. The second-order valence-electron chi connectivity index (χ2n) is 2.68. The van der Waals surface area contributed by atoms with E-state index in [1.165, 1.54) is 6.07 Å². The van der Waals surface area contributed by atoms with Gasteiger partial charge in [0.1, 0.15) is 5.82 Å². The Bertz CT molecular complexity index is 280. The molecule has 1 atom stereocenters. The third-order valence-corrected chi connectivity index (χ3v) is 2.29. The van der Waals surface area contributed by atoms with E-state index in [9.17, 15) is 4.39 Å². The molecule has 1 rings (SSSR count). The summed E-state index contributed by atoms with van der Waals surface area (Å²) in [6, 6.07) is 4.61. The average Bonchev–Trinajstić information content (AvgIpc) is 2.08. The number of hydrogen-bond donors (Lipinski definition) is 1. The first-order chi connectivity index (χ1) is 5.65. The maximum atomic E-state index is 13.1. The third-order valence-electron chi connectivity index (χ3n) is 1.80. The fourth-order valence-electron chi connectivity index (χ4n) is 1.02. The van der Waals surface area contributed by atoms with Crippen molar-refractivity contribution in [3.63, 3.8) is 0 Å². The number of nitrogens with two attached hydrogens (primary N) is 1. The molecule has 0 unspecified atom stereocenters. The van der Waals surface area contributed by atoms with Gasteiger partial charge < -0.3 is 5.73 Å². The van der Waals surface area contributed by atoms with Crippen molar-refractivity contribution in [2.24, 2.45) is 5.73 Å². The molecule has 0 spiro atoms. The van der Waals surface area contributed by atoms with E-state index in [4.69, 9.17) is 5.73 Å². The highest BCUT2D eigenvalue weighted by molar-refractivity contribution is 9.10. The van der Waals surface area contributed by atoms with E-state index >= 15 is 0 Å². The van der Waals surface area contributed by atoms with Crippen LogP contribution < -0.4 is 5.73 Å². The second-order valence-corrected chi connectivity index (χ2v) is 3.60. The molecule has 0 radical (unpaired) electrons. The van der Waals surface area contributed by atoms with Gasteiger partial charge in [0.25, 0.3) is 0 Å². The zero-order chi connectivity index (χ0) is 9.14. The monoisotopic (exact) mass is 267 g/mol. The molecule has 0 heterocycles. The van der Waals surface area contributed by atoms with Gasteiger partial charge in [-0.3, -0.25) is 0 Å². The van der Waals surface area contributed by atoms with Crippen LogP contribution in [0.2, 0.25) is 0 Å². The highest BCUT2D eigenvalue weighted by Gasteiger charge is 2.08. The molecule has 4 heteroatoms. The van der Waals surface area contributed by atoms with Crippen LogP contribution in [0.25, 0.3) is 0 Å². The van der Waals surface area contributed by atoms with Crippen LogP contribution >= 0.6 is 28.3 Å². The zero-order valence-electron chi connectivity index (χ0n) is 7.26. The lowest BCUT2D eigenvalue weighted by atomic mass is 10.1. The normalized spacial score (nSPS) is 12.0. The lowest BCUT2D eigenvalue weighted by molar-refractivity contribution is 0.575. The van der Waals surface area contributed by atoms with Gasteiger partial charge in [-0.2, -0.15) is 0 Å². The molecule has 0 bridgehead atoms. The number of benzene rings is 1. The first-order valence-electron chi connectivity index (χ1n) is 3.85. The Morgan fingerprint density at radius 2 is 2.15 bits per heavy atom. The third kappa shape index (κ3) is 3.25. The molecule has 13 heavy (non-hydrogen) atoms. The first-order valence-corrected chi connectivity index (χ1v) is 4.65. The van der Waals surface area contributed by atoms with Crippen LogP contribution in [0, 0.1) is 5.82 Å². The van der Waals surface area contributed by atoms with Gasteiger partial charge in [0.15, 0.2) is 0 Å². The maximum absolute atomic E-state index is 13.1. The molecule has 0 aliphatic rings. The van der Waals surface area contributed by atoms with Crippen LogP contribution in [0.4, 0.5) is 4.39 Å². The van der Waals surface area contributed by atoms with Crippen LogP contribution in [0.3, 0.4) is 0 Å². The van der Waals surface area contributed by atoms with Crippen LogP contribution in [0.5, 0.6) is 0 Å². The van der Waals surface area contributed by atoms with Gasteiger partial charge in [0.05, 0.1) is 0 Å². The van der Waals surface area contributed by atoms with Crippen molar-refractivity contribution < 1.29 is 4.39 Å². The highest BCUT2D eigenvalue weighted by atomic mass is 79.9. The fourth-order valence-corrected chi connectivity index (χ4v) is 1.40. The quantitative estimate of drug-likeness (QED) is 0.874. The van der Waals surface area contributed by atoms with Crippen LogP contribution in [0.1, 0.15) is 24.9 Å².